The van der Waals surface area contributed by atoms with Crippen molar-refractivity contribution >= 4 is 17.5 Å². The number of allylic oxidation sites excluding steroid dienone is 2. The molecule has 1 aromatic rings. The van der Waals surface area contributed by atoms with Crippen molar-refractivity contribution in [1.29, 1.82) is 5.26 Å². The van der Waals surface area contributed by atoms with Gasteiger partial charge in [0.05, 0.1) is 17.2 Å². The average Bonchev–Trinajstić information content (AvgIpc) is 2.51. The van der Waals surface area contributed by atoms with Crippen molar-refractivity contribution in [1.82, 2.24) is 0 Å². The molecule has 0 aliphatic heterocycles. The normalized spacial score (nSPS) is 12.4. The molecule has 0 bridgehead atoms. The van der Waals surface area contributed by atoms with Crippen molar-refractivity contribution in [3.8, 4) is 11.8 Å². The summed E-state index contributed by atoms with van der Waals surface area (Å²) in [6.07, 6.45) is 0.437. The smallest absolute Gasteiger partial charge is 0.313 e. The molecule has 0 aliphatic rings. The minimum absolute atomic E-state index is 0.0239. The predicted octanol–water partition coefficient (Wildman–Crippen LogP) is 2.57. The number of carbonyl (C=O) groups excluding carboxylic acids is 3. The third kappa shape index (κ3) is 5.36. The average molecular weight is 329 g/mol. The van der Waals surface area contributed by atoms with E-state index in [1.165, 1.54) is 25.1 Å². The Bertz CT molecular complexity index is 712. The van der Waals surface area contributed by atoms with Crippen LogP contribution in [-0.2, 0) is 14.3 Å². The molecule has 0 heterocycles. The number of Topliss-reactive ketones (excluding diaryl/α,β-unsaturated/α-hetero) is 2. The number of esters is 1. The zero-order valence-corrected chi connectivity index (χ0v) is 13.8. The Morgan fingerprint density at radius 2 is 1.88 bits per heavy atom. The Morgan fingerprint density at radius 3 is 2.42 bits per heavy atom. The lowest BCUT2D eigenvalue weighted by Crippen LogP contribution is -2.19. The quantitative estimate of drug-likeness (QED) is 0.271. The van der Waals surface area contributed by atoms with Crippen LogP contribution in [-0.4, -0.2) is 28.7 Å². The summed E-state index contributed by atoms with van der Waals surface area (Å²) in [6, 6.07) is 7.55. The van der Waals surface area contributed by atoms with Gasteiger partial charge in [0.2, 0.25) is 5.78 Å². The molecule has 0 amide bonds. The van der Waals surface area contributed by atoms with Crippen molar-refractivity contribution in [2.45, 2.75) is 33.3 Å². The standard InChI is InChI=1S/C18H19NO5/c1-11(2)24-17(22)9-16(21)12(3)8-13(10-19)18(23)14-6-4-5-7-15(14)20/h4-8,11-12,20H,9H2,1-3H3/b13-8+. The highest BCUT2D eigenvalue weighted by Crippen LogP contribution is 2.20. The van der Waals surface area contributed by atoms with Crippen LogP contribution in [0.1, 0.15) is 37.6 Å². The third-order valence-corrected chi connectivity index (χ3v) is 3.12. The Balaban J connectivity index is 2.90. The number of nitrogens with zero attached hydrogens (tertiary/aromatic N) is 1. The van der Waals surface area contributed by atoms with Crippen molar-refractivity contribution in [3.63, 3.8) is 0 Å². The number of carbonyl (C=O) groups is 3. The maximum Gasteiger partial charge on any atom is 0.313 e. The number of rotatable bonds is 7. The second-order valence-electron chi connectivity index (χ2n) is 5.51. The number of ether oxygens (including phenoxy) is 1. The first-order valence-corrected chi connectivity index (χ1v) is 7.43. The number of hydrogen-bond acceptors (Lipinski definition) is 6. The number of benzene rings is 1. The molecule has 126 valence electrons. The zero-order valence-electron chi connectivity index (χ0n) is 13.8. The predicted molar refractivity (Wildman–Crippen MR) is 86.1 cm³/mol. The topological polar surface area (TPSA) is 104 Å². The summed E-state index contributed by atoms with van der Waals surface area (Å²) in [5.74, 6) is -2.85. The number of para-hydroxylation sites is 1. The van der Waals surface area contributed by atoms with Gasteiger partial charge in [-0.2, -0.15) is 5.26 Å². The van der Waals surface area contributed by atoms with Crippen molar-refractivity contribution in [2.24, 2.45) is 5.92 Å². The number of hydrogen-bond donors (Lipinski definition) is 1. The molecule has 0 saturated carbocycles. The summed E-state index contributed by atoms with van der Waals surface area (Å²) >= 11 is 0. The molecule has 1 aromatic carbocycles. The first kappa shape index (κ1) is 19.1. The molecule has 6 heteroatoms. The maximum atomic E-state index is 12.3. The molecule has 0 saturated heterocycles. The Labute approximate surface area is 140 Å². The zero-order chi connectivity index (χ0) is 18.3. The number of aromatic hydroxyl groups is 1. The number of nitriles is 1. The van der Waals surface area contributed by atoms with Gasteiger partial charge in [-0.25, -0.2) is 0 Å². The van der Waals surface area contributed by atoms with Crippen LogP contribution in [0.5, 0.6) is 5.75 Å². The Kier molecular flexibility index (Phi) is 6.87. The lowest BCUT2D eigenvalue weighted by Gasteiger charge is -2.09. The van der Waals surface area contributed by atoms with Crippen molar-refractivity contribution < 1.29 is 24.2 Å². The monoisotopic (exact) mass is 329 g/mol. The second kappa shape index (κ2) is 8.63. The summed E-state index contributed by atoms with van der Waals surface area (Å²) in [7, 11) is 0. The lowest BCUT2D eigenvalue weighted by atomic mass is 9.96. The molecule has 1 unspecified atom stereocenters. The molecule has 0 fully saturated rings. The fraction of sp³-hybridized carbons (Fsp3) is 0.333. The summed E-state index contributed by atoms with van der Waals surface area (Å²) in [5, 5.41) is 18.8. The fourth-order valence-electron chi connectivity index (χ4n) is 1.93. The van der Waals surface area contributed by atoms with Crippen LogP contribution in [0.4, 0.5) is 0 Å². The molecular formula is C18H19NO5. The SMILES string of the molecule is CC(C)OC(=O)CC(=O)C(C)/C=C(\C#N)C(=O)c1ccccc1O. The minimum atomic E-state index is -0.811. The van der Waals surface area contributed by atoms with E-state index in [4.69, 9.17) is 10.00 Å². The van der Waals surface area contributed by atoms with Gasteiger partial charge in [-0.1, -0.05) is 25.1 Å². The molecule has 24 heavy (non-hydrogen) atoms. The first-order valence-electron chi connectivity index (χ1n) is 7.43. The van der Waals surface area contributed by atoms with E-state index < -0.39 is 29.9 Å². The van der Waals surface area contributed by atoms with Gasteiger partial charge in [0.25, 0.3) is 0 Å². The maximum absolute atomic E-state index is 12.3. The van der Waals surface area contributed by atoms with Gasteiger partial charge in [0, 0.05) is 5.92 Å². The molecule has 6 nitrogen and oxygen atoms in total. The highest BCUT2D eigenvalue weighted by molar-refractivity contribution is 6.13. The fourth-order valence-corrected chi connectivity index (χ4v) is 1.93. The van der Waals surface area contributed by atoms with E-state index in [1.54, 1.807) is 32.0 Å². The van der Waals surface area contributed by atoms with Crippen LogP contribution >= 0.6 is 0 Å². The minimum Gasteiger partial charge on any atom is -0.507 e. The number of phenols is 1. The van der Waals surface area contributed by atoms with Crippen molar-refractivity contribution in [2.75, 3.05) is 0 Å². The van der Waals surface area contributed by atoms with Gasteiger partial charge < -0.3 is 9.84 Å². The van der Waals surface area contributed by atoms with Gasteiger partial charge in [-0.15, -0.1) is 0 Å². The van der Waals surface area contributed by atoms with Gasteiger partial charge in [0.1, 0.15) is 18.2 Å². The van der Waals surface area contributed by atoms with Gasteiger partial charge in [0.15, 0.2) is 5.78 Å². The highest BCUT2D eigenvalue weighted by Gasteiger charge is 2.21. The summed E-state index contributed by atoms with van der Waals surface area (Å²) in [4.78, 5) is 35.8. The van der Waals surface area contributed by atoms with Crippen LogP contribution in [0.3, 0.4) is 0 Å². The summed E-state index contributed by atoms with van der Waals surface area (Å²) in [6.45, 7) is 4.83. The van der Waals surface area contributed by atoms with E-state index in [0.717, 1.165) is 0 Å². The van der Waals surface area contributed by atoms with Crippen LogP contribution in [0.25, 0.3) is 0 Å². The highest BCUT2D eigenvalue weighted by atomic mass is 16.5. The van der Waals surface area contributed by atoms with Crippen molar-refractivity contribution in [3.05, 3.63) is 41.5 Å². The Morgan fingerprint density at radius 1 is 1.25 bits per heavy atom. The summed E-state index contributed by atoms with van der Waals surface area (Å²) in [5.41, 5.74) is -0.293. The lowest BCUT2D eigenvalue weighted by molar-refractivity contribution is -0.149. The molecule has 1 N–H and O–H groups in total. The number of phenolic OH excluding ortho intramolecular Hbond substituents is 1. The van der Waals surface area contributed by atoms with E-state index in [9.17, 15) is 19.5 Å². The number of ketones is 2. The second-order valence-corrected chi connectivity index (χ2v) is 5.51. The van der Waals surface area contributed by atoms with Crippen LogP contribution in [0, 0.1) is 17.2 Å². The van der Waals surface area contributed by atoms with E-state index in [-0.39, 0.29) is 23.0 Å². The molecule has 0 spiro atoms. The van der Waals surface area contributed by atoms with Gasteiger partial charge in [-0.05, 0) is 26.0 Å². The van der Waals surface area contributed by atoms with E-state index in [1.807, 2.05) is 0 Å². The molecule has 1 atom stereocenters. The summed E-state index contributed by atoms with van der Waals surface area (Å²) < 4.78 is 4.89. The van der Waals surface area contributed by atoms with E-state index >= 15 is 0 Å². The largest absolute Gasteiger partial charge is 0.507 e. The molecule has 1 rings (SSSR count). The Hall–Kier alpha value is -2.94. The van der Waals surface area contributed by atoms with E-state index in [0.29, 0.717) is 0 Å². The first-order chi connectivity index (χ1) is 11.3. The van der Waals surface area contributed by atoms with Crippen LogP contribution in [0.2, 0.25) is 0 Å². The van der Waals surface area contributed by atoms with E-state index in [2.05, 4.69) is 0 Å². The third-order valence-electron chi connectivity index (χ3n) is 3.12. The van der Waals surface area contributed by atoms with Crippen LogP contribution in [0.15, 0.2) is 35.9 Å². The molecule has 0 radical (unpaired) electrons. The van der Waals surface area contributed by atoms with Gasteiger partial charge >= 0.3 is 5.97 Å². The molecular weight excluding hydrogens is 310 g/mol. The van der Waals surface area contributed by atoms with Crippen LogP contribution < -0.4 is 0 Å². The molecule has 0 aromatic heterocycles. The molecule has 0 aliphatic carbocycles. The van der Waals surface area contributed by atoms with Gasteiger partial charge in [-0.3, -0.25) is 14.4 Å².